The maximum absolute atomic E-state index is 12.8. The van der Waals surface area contributed by atoms with Crippen LogP contribution in [0, 0.1) is 0 Å². The molecule has 1 aromatic heterocycles. The zero-order valence-corrected chi connectivity index (χ0v) is 17.7. The summed E-state index contributed by atoms with van der Waals surface area (Å²) in [6.45, 7) is 2.06. The van der Waals surface area contributed by atoms with Crippen molar-refractivity contribution in [1.82, 2.24) is 10.2 Å². The topological polar surface area (TPSA) is 75.2 Å². The Morgan fingerprint density at radius 3 is 2.23 bits per heavy atom. The first-order valence-electron chi connectivity index (χ1n) is 10.3. The molecule has 0 spiro atoms. The molecule has 0 aliphatic carbocycles. The predicted molar refractivity (Wildman–Crippen MR) is 124 cm³/mol. The Hall–Kier alpha value is -3.45. The van der Waals surface area contributed by atoms with Gasteiger partial charge in [0.15, 0.2) is 5.82 Å². The van der Waals surface area contributed by atoms with Crippen LogP contribution in [-0.2, 0) is 10.0 Å². The molecule has 4 aromatic rings. The highest BCUT2D eigenvalue weighted by molar-refractivity contribution is 7.92. The Kier molecular flexibility index (Phi) is 5.03. The van der Waals surface area contributed by atoms with Crippen LogP contribution in [0.3, 0.4) is 0 Å². The molecule has 0 unspecified atom stereocenters. The molecule has 1 aliphatic heterocycles. The zero-order chi connectivity index (χ0) is 21.3. The fourth-order valence-corrected chi connectivity index (χ4v) is 4.95. The SMILES string of the molecule is O=S(=O)(Nc1ccc(-c2ccc(N3CCCC3)nn2)cc1)c1ccc2ccccc2c1. The molecule has 0 atom stereocenters. The van der Waals surface area contributed by atoms with Crippen LogP contribution < -0.4 is 9.62 Å². The summed E-state index contributed by atoms with van der Waals surface area (Å²) < 4.78 is 28.3. The highest BCUT2D eigenvalue weighted by atomic mass is 32.2. The van der Waals surface area contributed by atoms with Crippen LogP contribution in [0.5, 0.6) is 0 Å². The van der Waals surface area contributed by atoms with E-state index in [2.05, 4.69) is 19.8 Å². The van der Waals surface area contributed by atoms with Crippen molar-refractivity contribution in [2.75, 3.05) is 22.7 Å². The van der Waals surface area contributed by atoms with Crippen LogP contribution in [0.2, 0.25) is 0 Å². The van der Waals surface area contributed by atoms with E-state index in [1.54, 1.807) is 24.3 Å². The zero-order valence-electron chi connectivity index (χ0n) is 16.9. The smallest absolute Gasteiger partial charge is 0.261 e. The summed E-state index contributed by atoms with van der Waals surface area (Å²) in [5, 5.41) is 10.6. The molecule has 1 N–H and O–H groups in total. The summed E-state index contributed by atoms with van der Waals surface area (Å²) >= 11 is 0. The number of benzene rings is 3. The Morgan fingerprint density at radius 2 is 1.52 bits per heavy atom. The van der Waals surface area contributed by atoms with Gasteiger partial charge in [-0.2, -0.15) is 0 Å². The minimum Gasteiger partial charge on any atom is -0.355 e. The van der Waals surface area contributed by atoms with E-state index in [0.29, 0.717) is 5.69 Å². The van der Waals surface area contributed by atoms with Crippen molar-refractivity contribution in [3.05, 3.63) is 78.9 Å². The van der Waals surface area contributed by atoms with Crippen LogP contribution >= 0.6 is 0 Å². The van der Waals surface area contributed by atoms with Gasteiger partial charge in [-0.05, 0) is 60.0 Å². The molecular weight excluding hydrogens is 408 g/mol. The lowest BCUT2D eigenvalue weighted by Crippen LogP contribution is -2.19. The van der Waals surface area contributed by atoms with Gasteiger partial charge in [0.25, 0.3) is 10.0 Å². The number of aromatic nitrogens is 2. The van der Waals surface area contributed by atoms with Crippen LogP contribution in [0.1, 0.15) is 12.8 Å². The molecule has 7 heteroatoms. The number of sulfonamides is 1. The molecule has 0 radical (unpaired) electrons. The quantitative estimate of drug-likeness (QED) is 0.497. The number of anilines is 2. The van der Waals surface area contributed by atoms with Crippen molar-refractivity contribution in [2.24, 2.45) is 0 Å². The highest BCUT2D eigenvalue weighted by Crippen LogP contribution is 2.25. The fraction of sp³-hybridized carbons (Fsp3) is 0.167. The monoisotopic (exact) mass is 430 g/mol. The summed E-state index contributed by atoms with van der Waals surface area (Å²) in [5.41, 5.74) is 2.14. The third-order valence-electron chi connectivity index (χ3n) is 5.54. The minimum atomic E-state index is -3.68. The molecule has 0 amide bonds. The van der Waals surface area contributed by atoms with E-state index in [0.717, 1.165) is 40.9 Å². The second-order valence-corrected chi connectivity index (χ2v) is 9.35. The van der Waals surface area contributed by atoms with E-state index in [-0.39, 0.29) is 4.90 Å². The second-order valence-electron chi connectivity index (χ2n) is 7.66. The fourth-order valence-electron chi connectivity index (χ4n) is 3.85. The molecule has 6 nitrogen and oxygen atoms in total. The van der Waals surface area contributed by atoms with Gasteiger partial charge in [0.2, 0.25) is 0 Å². The Bertz CT molecular complexity index is 1310. The Labute approximate surface area is 181 Å². The summed E-state index contributed by atoms with van der Waals surface area (Å²) in [7, 11) is -3.68. The van der Waals surface area contributed by atoms with E-state index >= 15 is 0 Å². The van der Waals surface area contributed by atoms with Crippen LogP contribution in [0.25, 0.3) is 22.0 Å². The van der Waals surface area contributed by atoms with Gasteiger partial charge in [-0.3, -0.25) is 4.72 Å². The summed E-state index contributed by atoms with van der Waals surface area (Å²) in [6.07, 6.45) is 2.39. The van der Waals surface area contributed by atoms with Crippen molar-refractivity contribution in [3.8, 4) is 11.3 Å². The highest BCUT2D eigenvalue weighted by Gasteiger charge is 2.16. The van der Waals surface area contributed by atoms with E-state index < -0.39 is 10.0 Å². The standard InChI is InChI=1S/C24H22N4O2S/c29-31(30,22-12-9-18-5-1-2-6-20(18)17-22)27-21-10-7-19(8-11-21)23-13-14-24(26-25-23)28-15-3-4-16-28/h1-2,5-14,17,27H,3-4,15-16H2. The van der Waals surface area contributed by atoms with Gasteiger partial charge in [-0.1, -0.05) is 42.5 Å². The molecule has 1 aliphatic rings. The molecule has 2 heterocycles. The normalized spacial score (nSPS) is 14.1. The first kappa shape index (κ1) is 19.5. The third-order valence-corrected chi connectivity index (χ3v) is 6.92. The van der Waals surface area contributed by atoms with Crippen LogP contribution in [0.4, 0.5) is 11.5 Å². The minimum absolute atomic E-state index is 0.235. The molecule has 0 bridgehead atoms. The van der Waals surface area contributed by atoms with E-state index in [1.165, 1.54) is 12.8 Å². The first-order valence-corrected chi connectivity index (χ1v) is 11.8. The van der Waals surface area contributed by atoms with Crippen molar-refractivity contribution >= 4 is 32.3 Å². The van der Waals surface area contributed by atoms with Gasteiger partial charge in [0, 0.05) is 24.3 Å². The molecular formula is C24H22N4O2S. The molecule has 3 aromatic carbocycles. The van der Waals surface area contributed by atoms with Gasteiger partial charge < -0.3 is 4.90 Å². The van der Waals surface area contributed by atoms with Gasteiger partial charge in [-0.25, -0.2) is 8.42 Å². The van der Waals surface area contributed by atoms with E-state index in [1.807, 2.05) is 54.6 Å². The van der Waals surface area contributed by atoms with Gasteiger partial charge >= 0.3 is 0 Å². The number of nitrogens with zero attached hydrogens (tertiary/aromatic N) is 3. The van der Waals surface area contributed by atoms with Gasteiger partial charge in [0.05, 0.1) is 10.6 Å². The van der Waals surface area contributed by atoms with Gasteiger partial charge in [0.1, 0.15) is 0 Å². The summed E-state index contributed by atoms with van der Waals surface area (Å²) in [5.74, 6) is 0.904. The third kappa shape index (κ3) is 4.09. The van der Waals surface area contributed by atoms with E-state index in [9.17, 15) is 8.42 Å². The summed E-state index contributed by atoms with van der Waals surface area (Å²) in [4.78, 5) is 2.47. The largest absolute Gasteiger partial charge is 0.355 e. The lowest BCUT2D eigenvalue weighted by atomic mass is 10.1. The number of nitrogens with one attached hydrogen (secondary N) is 1. The number of hydrogen-bond donors (Lipinski definition) is 1. The second kappa shape index (κ2) is 8.00. The average molecular weight is 431 g/mol. The lowest BCUT2D eigenvalue weighted by molar-refractivity contribution is 0.601. The van der Waals surface area contributed by atoms with Crippen molar-refractivity contribution < 1.29 is 8.42 Å². The van der Waals surface area contributed by atoms with Crippen LogP contribution in [-0.4, -0.2) is 31.7 Å². The molecule has 5 rings (SSSR count). The predicted octanol–water partition coefficient (Wildman–Crippen LogP) is 4.70. The molecule has 1 saturated heterocycles. The van der Waals surface area contributed by atoms with Crippen LogP contribution in [0.15, 0.2) is 83.8 Å². The maximum atomic E-state index is 12.8. The number of fused-ring (bicyclic) bond motifs is 1. The van der Waals surface area contributed by atoms with Crippen molar-refractivity contribution in [2.45, 2.75) is 17.7 Å². The van der Waals surface area contributed by atoms with E-state index in [4.69, 9.17) is 0 Å². The maximum Gasteiger partial charge on any atom is 0.261 e. The lowest BCUT2D eigenvalue weighted by Gasteiger charge is -2.15. The first-order chi connectivity index (χ1) is 15.1. The van der Waals surface area contributed by atoms with Gasteiger partial charge in [-0.15, -0.1) is 10.2 Å². The number of hydrogen-bond acceptors (Lipinski definition) is 5. The van der Waals surface area contributed by atoms with Crippen molar-refractivity contribution in [3.63, 3.8) is 0 Å². The Morgan fingerprint density at radius 1 is 0.774 bits per heavy atom. The molecule has 0 saturated carbocycles. The molecule has 156 valence electrons. The number of rotatable bonds is 5. The molecule has 1 fully saturated rings. The van der Waals surface area contributed by atoms with Crippen molar-refractivity contribution in [1.29, 1.82) is 0 Å². The Balaban J connectivity index is 1.33. The summed E-state index contributed by atoms with van der Waals surface area (Å²) in [6, 6.07) is 23.9. The average Bonchev–Trinajstić information content (AvgIpc) is 3.34. The molecule has 31 heavy (non-hydrogen) atoms.